The maximum Gasteiger partial charge on any atom is 0.101 e. The molecule has 18 heavy (non-hydrogen) atoms. The fraction of sp³-hybridized carbons (Fsp3) is 0. The molecule has 1 aromatic carbocycles. The second-order valence-corrected chi connectivity index (χ2v) is 3.88. The topological polar surface area (TPSA) is 73.4 Å². The summed E-state index contributed by atoms with van der Waals surface area (Å²) >= 11 is 0. The minimum absolute atomic E-state index is 0.524. The Labute approximate surface area is 103 Å². The SMILES string of the molecule is N#Cc1cnc2c(ccc3cc(C#N)cnc32)c1. The molecule has 0 radical (unpaired) electrons. The van der Waals surface area contributed by atoms with Crippen LogP contribution in [0.3, 0.4) is 0 Å². The van der Waals surface area contributed by atoms with Gasteiger partial charge >= 0.3 is 0 Å². The van der Waals surface area contributed by atoms with Crippen LogP contribution in [-0.4, -0.2) is 9.97 Å². The highest BCUT2D eigenvalue weighted by atomic mass is 14.7. The van der Waals surface area contributed by atoms with Crippen LogP contribution < -0.4 is 0 Å². The molecule has 0 fully saturated rings. The van der Waals surface area contributed by atoms with Crippen molar-refractivity contribution in [1.29, 1.82) is 10.5 Å². The Morgan fingerprint density at radius 1 is 0.778 bits per heavy atom. The van der Waals surface area contributed by atoms with Crippen LogP contribution in [0.2, 0.25) is 0 Å². The van der Waals surface area contributed by atoms with Crippen molar-refractivity contribution >= 4 is 21.8 Å². The molecule has 3 rings (SSSR count). The molecular formula is C14H6N4. The van der Waals surface area contributed by atoms with Gasteiger partial charge in [0.2, 0.25) is 0 Å². The summed E-state index contributed by atoms with van der Waals surface area (Å²) in [7, 11) is 0. The molecule has 0 unspecified atom stereocenters. The van der Waals surface area contributed by atoms with Crippen LogP contribution in [-0.2, 0) is 0 Å². The van der Waals surface area contributed by atoms with E-state index in [1.807, 2.05) is 12.1 Å². The van der Waals surface area contributed by atoms with Crippen LogP contribution in [0.15, 0.2) is 36.7 Å². The second kappa shape index (κ2) is 3.80. The highest BCUT2D eigenvalue weighted by molar-refractivity contribution is 6.03. The number of rotatable bonds is 0. The van der Waals surface area contributed by atoms with Gasteiger partial charge in [-0.25, -0.2) is 0 Å². The summed E-state index contributed by atoms with van der Waals surface area (Å²) < 4.78 is 0. The number of nitrogens with zero attached hydrogens (tertiary/aromatic N) is 4. The van der Waals surface area contributed by atoms with Crippen molar-refractivity contribution in [2.24, 2.45) is 0 Å². The Balaban J connectivity index is 2.41. The Morgan fingerprint density at radius 2 is 1.22 bits per heavy atom. The molecule has 82 valence electrons. The normalized spacial score (nSPS) is 10.1. The third kappa shape index (κ3) is 1.45. The average Bonchev–Trinajstić information content (AvgIpc) is 2.45. The fourth-order valence-corrected chi connectivity index (χ4v) is 1.92. The van der Waals surface area contributed by atoms with Gasteiger partial charge in [0.1, 0.15) is 12.1 Å². The van der Waals surface area contributed by atoms with E-state index in [4.69, 9.17) is 10.5 Å². The first-order chi connectivity index (χ1) is 8.81. The number of pyridine rings is 2. The van der Waals surface area contributed by atoms with E-state index in [9.17, 15) is 0 Å². The summed E-state index contributed by atoms with van der Waals surface area (Å²) in [4.78, 5) is 8.54. The predicted molar refractivity (Wildman–Crippen MR) is 66.5 cm³/mol. The molecule has 0 amide bonds. The molecule has 0 bridgehead atoms. The quantitative estimate of drug-likeness (QED) is 0.556. The molecule has 0 spiro atoms. The Kier molecular flexibility index (Phi) is 2.15. The van der Waals surface area contributed by atoms with Crippen molar-refractivity contribution in [3.63, 3.8) is 0 Å². The van der Waals surface area contributed by atoms with E-state index in [-0.39, 0.29) is 0 Å². The predicted octanol–water partition coefficient (Wildman–Crippen LogP) is 2.53. The first-order valence-corrected chi connectivity index (χ1v) is 5.30. The maximum absolute atomic E-state index is 8.84. The van der Waals surface area contributed by atoms with Gasteiger partial charge in [-0.05, 0) is 12.1 Å². The molecule has 2 aromatic heterocycles. The van der Waals surface area contributed by atoms with Crippen LogP contribution in [0.1, 0.15) is 11.1 Å². The number of benzene rings is 1. The minimum Gasteiger partial charge on any atom is -0.253 e. The van der Waals surface area contributed by atoms with Crippen molar-refractivity contribution in [1.82, 2.24) is 9.97 Å². The van der Waals surface area contributed by atoms with Gasteiger partial charge in [-0.1, -0.05) is 12.1 Å². The standard InChI is InChI=1S/C14H6N4/c15-5-9-3-11-1-2-12-4-10(6-16)8-18-14(12)13(11)17-7-9/h1-4,7-8H. The lowest BCUT2D eigenvalue weighted by Gasteiger charge is -2.02. The molecular weight excluding hydrogens is 224 g/mol. The summed E-state index contributed by atoms with van der Waals surface area (Å²) in [5, 5.41) is 19.4. The Bertz CT molecular complexity index is 780. The zero-order valence-electron chi connectivity index (χ0n) is 9.25. The molecule has 3 aromatic rings. The van der Waals surface area contributed by atoms with Gasteiger partial charge in [0.15, 0.2) is 0 Å². The van der Waals surface area contributed by atoms with E-state index in [1.165, 1.54) is 12.4 Å². The van der Waals surface area contributed by atoms with Crippen molar-refractivity contribution < 1.29 is 0 Å². The van der Waals surface area contributed by atoms with Crippen LogP contribution in [0, 0.1) is 22.7 Å². The second-order valence-electron chi connectivity index (χ2n) is 3.88. The zero-order chi connectivity index (χ0) is 12.5. The lowest BCUT2D eigenvalue weighted by Crippen LogP contribution is -1.88. The van der Waals surface area contributed by atoms with Gasteiger partial charge in [-0.3, -0.25) is 9.97 Å². The lowest BCUT2D eigenvalue weighted by molar-refractivity contribution is 1.34. The first kappa shape index (κ1) is 10.2. The zero-order valence-corrected chi connectivity index (χ0v) is 9.25. The van der Waals surface area contributed by atoms with Crippen molar-refractivity contribution in [3.8, 4) is 12.1 Å². The lowest BCUT2D eigenvalue weighted by atomic mass is 10.1. The molecule has 4 nitrogen and oxygen atoms in total. The van der Waals surface area contributed by atoms with Crippen LogP contribution >= 0.6 is 0 Å². The molecule has 0 N–H and O–H groups in total. The first-order valence-electron chi connectivity index (χ1n) is 5.30. The van der Waals surface area contributed by atoms with Crippen molar-refractivity contribution in [2.45, 2.75) is 0 Å². The van der Waals surface area contributed by atoms with E-state index in [0.717, 1.165) is 21.8 Å². The van der Waals surface area contributed by atoms with Crippen molar-refractivity contribution in [3.05, 3.63) is 47.8 Å². The Morgan fingerprint density at radius 3 is 1.61 bits per heavy atom. The third-order valence-electron chi connectivity index (χ3n) is 2.76. The van der Waals surface area contributed by atoms with Gasteiger partial charge < -0.3 is 0 Å². The van der Waals surface area contributed by atoms with Gasteiger partial charge in [0.25, 0.3) is 0 Å². The number of nitriles is 2. The van der Waals surface area contributed by atoms with Crippen LogP contribution in [0.5, 0.6) is 0 Å². The smallest absolute Gasteiger partial charge is 0.101 e. The number of hydrogen-bond donors (Lipinski definition) is 0. The van der Waals surface area contributed by atoms with Gasteiger partial charge in [-0.2, -0.15) is 10.5 Å². The highest BCUT2D eigenvalue weighted by Gasteiger charge is 2.05. The van der Waals surface area contributed by atoms with Crippen LogP contribution in [0.25, 0.3) is 21.8 Å². The third-order valence-corrected chi connectivity index (χ3v) is 2.76. The molecule has 0 aliphatic rings. The summed E-state index contributed by atoms with van der Waals surface area (Å²) in [6, 6.07) is 11.4. The van der Waals surface area contributed by atoms with E-state index in [1.54, 1.807) is 12.1 Å². The van der Waals surface area contributed by atoms with E-state index >= 15 is 0 Å². The summed E-state index contributed by atoms with van der Waals surface area (Å²) in [6.45, 7) is 0. The summed E-state index contributed by atoms with van der Waals surface area (Å²) in [6.07, 6.45) is 3.06. The number of fused-ring (bicyclic) bond motifs is 3. The Hall–Kier alpha value is -2.98. The highest BCUT2D eigenvalue weighted by Crippen LogP contribution is 2.23. The summed E-state index contributed by atoms with van der Waals surface area (Å²) in [5.74, 6) is 0. The van der Waals surface area contributed by atoms with Gasteiger partial charge in [0, 0.05) is 23.2 Å². The molecule has 0 saturated heterocycles. The van der Waals surface area contributed by atoms with E-state index in [2.05, 4.69) is 22.1 Å². The number of hydrogen-bond acceptors (Lipinski definition) is 4. The molecule has 4 heteroatoms. The van der Waals surface area contributed by atoms with Gasteiger partial charge in [-0.15, -0.1) is 0 Å². The summed E-state index contributed by atoms with van der Waals surface area (Å²) in [5.41, 5.74) is 2.54. The average molecular weight is 230 g/mol. The van der Waals surface area contributed by atoms with E-state index in [0.29, 0.717) is 11.1 Å². The molecule has 0 aliphatic heterocycles. The van der Waals surface area contributed by atoms with Crippen LogP contribution in [0.4, 0.5) is 0 Å². The molecule has 0 atom stereocenters. The monoisotopic (exact) mass is 230 g/mol. The van der Waals surface area contributed by atoms with E-state index < -0.39 is 0 Å². The number of aromatic nitrogens is 2. The maximum atomic E-state index is 8.84. The largest absolute Gasteiger partial charge is 0.253 e. The molecule has 0 saturated carbocycles. The van der Waals surface area contributed by atoms with Gasteiger partial charge in [0.05, 0.1) is 22.2 Å². The minimum atomic E-state index is 0.524. The molecule has 0 aliphatic carbocycles. The fourth-order valence-electron chi connectivity index (χ4n) is 1.92. The van der Waals surface area contributed by atoms with Crippen molar-refractivity contribution in [2.75, 3.05) is 0 Å². The molecule has 2 heterocycles.